The van der Waals surface area contributed by atoms with Crippen LogP contribution in [0.25, 0.3) is 0 Å². The number of hydrogen-bond acceptors (Lipinski definition) is 4. The molecule has 136 valence electrons. The lowest BCUT2D eigenvalue weighted by molar-refractivity contribution is 0.362. The van der Waals surface area contributed by atoms with E-state index in [2.05, 4.69) is 20.7 Å². The highest BCUT2D eigenvalue weighted by Crippen LogP contribution is 2.35. The van der Waals surface area contributed by atoms with Crippen LogP contribution in [0.1, 0.15) is 11.6 Å². The standard InChI is InChI=1S/C17H20BrClN2O3S/c1-21(2)11-15(12-7-5-4-6-8-12)20-25(22,23)16-10-13(19)9-14(18)17(16)24-3/h4-10,15,20H,11H2,1-3H3/t15-/m1/s1. The number of methoxy groups -OCH3 is 1. The van der Waals surface area contributed by atoms with Gasteiger partial charge in [0.15, 0.2) is 5.75 Å². The molecule has 0 radical (unpaired) electrons. The van der Waals surface area contributed by atoms with Crippen molar-refractivity contribution in [3.05, 3.63) is 57.5 Å². The molecule has 0 amide bonds. The van der Waals surface area contributed by atoms with Crippen LogP contribution in [0.4, 0.5) is 0 Å². The third-order valence-electron chi connectivity index (χ3n) is 3.52. The van der Waals surface area contributed by atoms with Gasteiger partial charge in [0.2, 0.25) is 10.0 Å². The topological polar surface area (TPSA) is 58.6 Å². The van der Waals surface area contributed by atoms with Crippen molar-refractivity contribution in [2.24, 2.45) is 0 Å². The van der Waals surface area contributed by atoms with Gasteiger partial charge >= 0.3 is 0 Å². The summed E-state index contributed by atoms with van der Waals surface area (Å²) in [5.74, 6) is 0.216. The second-order valence-corrected chi connectivity index (χ2v) is 8.74. The Morgan fingerprint density at radius 3 is 2.44 bits per heavy atom. The largest absolute Gasteiger partial charge is 0.494 e. The van der Waals surface area contributed by atoms with E-state index in [4.69, 9.17) is 16.3 Å². The fourth-order valence-corrected chi connectivity index (χ4v) is 5.05. The Balaban J connectivity index is 2.45. The summed E-state index contributed by atoms with van der Waals surface area (Å²) in [6.07, 6.45) is 0. The first-order chi connectivity index (χ1) is 11.7. The lowest BCUT2D eigenvalue weighted by Crippen LogP contribution is -2.35. The van der Waals surface area contributed by atoms with E-state index in [-0.39, 0.29) is 10.6 Å². The van der Waals surface area contributed by atoms with E-state index in [0.717, 1.165) is 5.56 Å². The van der Waals surface area contributed by atoms with Crippen LogP contribution in [0, 0.1) is 0 Å². The molecule has 25 heavy (non-hydrogen) atoms. The van der Waals surface area contributed by atoms with E-state index in [9.17, 15) is 8.42 Å². The Kier molecular flexibility index (Phi) is 6.87. The summed E-state index contributed by atoms with van der Waals surface area (Å²) < 4.78 is 34.5. The molecule has 0 aliphatic rings. The van der Waals surface area contributed by atoms with Crippen LogP contribution in [-0.2, 0) is 10.0 Å². The number of rotatable bonds is 7. The maximum Gasteiger partial charge on any atom is 0.244 e. The number of benzene rings is 2. The summed E-state index contributed by atoms with van der Waals surface area (Å²) in [4.78, 5) is 1.92. The average molecular weight is 448 g/mol. The molecule has 0 saturated carbocycles. The molecular weight excluding hydrogens is 428 g/mol. The fourth-order valence-electron chi connectivity index (χ4n) is 2.45. The van der Waals surface area contributed by atoms with Crippen molar-refractivity contribution in [1.82, 2.24) is 9.62 Å². The number of sulfonamides is 1. The van der Waals surface area contributed by atoms with Crippen molar-refractivity contribution < 1.29 is 13.2 Å². The minimum absolute atomic E-state index is 0.00550. The minimum Gasteiger partial charge on any atom is -0.494 e. The molecule has 0 bridgehead atoms. The van der Waals surface area contributed by atoms with Gasteiger partial charge in [0, 0.05) is 11.6 Å². The molecule has 0 fully saturated rings. The number of ether oxygens (including phenoxy) is 1. The van der Waals surface area contributed by atoms with Crippen molar-refractivity contribution in [1.29, 1.82) is 0 Å². The minimum atomic E-state index is -3.86. The van der Waals surface area contributed by atoms with E-state index >= 15 is 0 Å². The van der Waals surface area contributed by atoms with Gasteiger partial charge in [-0.15, -0.1) is 0 Å². The van der Waals surface area contributed by atoms with Gasteiger partial charge in [0.1, 0.15) is 4.90 Å². The number of nitrogens with zero attached hydrogens (tertiary/aromatic N) is 1. The van der Waals surface area contributed by atoms with Crippen LogP contribution in [0.2, 0.25) is 5.02 Å². The molecule has 0 unspecified atom stereocenters. The van der Waals surface area contributed by atoms with E-state index in [1.54, 1.807) is 6.07 Å². The van der Waals surface area contributed by atoms with Crippen LogP contribution < -0.4 is 9.46 Å². The Hall–Kier alpha value is -1.12. The van der Waals surface area contributed by atoms with Crippen LogP contribution in [0.5, 0.6) is 5.75 Å². The first-order valence-corrected chi connectivity index (χ1v) is 10.1. The first-order valence-electron chi connectivity index (χ1n) is 7.49. The Morgan fingerprint density at radius 2 is 1.88 bits per heavy atom. The highest BCUT2D eigenvalue weighted by molar-refractivity contribution is 9.10. The van der Waals surface area contributed by atoms with Gasteiger partial charge in [-0.2, -0.15) is 0 Å². The van der Waals surface area contributed by atoms with E-state index in [1.807, 2.05) is 49.3 Å². The van der Waals surface area contributed by atoms with Gasteiger partial charge in [-0.3, -0.25) is 0 Å². The summed E-state index contributed by atoms with van der Waals surface area (Å²) in [5.41, 5.74) is 0.875. The maximum absolute atomic E-state index is 13.0. The molecule has 0 spiro atoms. The molecule has 0 aliphatic carbocycles. The molecule has 0 saturated heterocycles. The number of halogens is 2. The Morgan fingerprint density at radius 1 is 1.24 bits per heavy atom. The summed E-state index contributed by atoms with van der Waals surface area (Å²) in [6, 6.07) is 12.0. The molecule has 1 N–H and O–H groups in total. The van der Waals surface area contributed by atoms with Crippen molar-refractivity contribution in [3.63, 3.8) is 0 Å². The molecule has 1 atom stereocenters. The number of hydrogen-bond donors (Lipinski definition) is 1. The lowest BCUT2D eigenvalue weighted by atomic mass is 10.1. The highest BCUT2D eigenvalue weighted by Gasteiger charge is 2.26. The van der Waals surface area contributed by atoms with E-state index < -0.39 is 16.1 Å². The number of nitrogens with one attached hydrogen (secondary N) is 1. The summed E-state index contributed by atoms with van der Waals surface area (Å²) in [6.45, 7) is 0.507. The number of likely N-dealkylation sites (N-methyl/N-ethyl adjacent to an activating group) is 1. The molecule has 0 heterocycles. The molecule has 0 aromatic heterocycles. The van der Waals surface area contributed by atoms with Gasteiger partial charge in [0.25, 0.3) is 0 Å². The molecule has 2 aromatic rings. The molecule has 8 heteroatoms. The fraction of sp³-hybridized carbons (Fsp3) is 0.294. The monoisotopic (exact) mass is 446 g/mol. The zero-order chi connectivity index (χ0) is 18.6. The van der Waals surface area contributed by atoms with Gasteiger partial charge in [-0.25, -0.2) is 13.1 Å². The lowest BCUT2D eigenvalue weighted by Gasteiger charge is -2.23. The van der Waals surface area contributed by atoms with E-state index in [0.29, 0.717) is 16.0 Å². The van der Waals surface area contributed by atoms with Crippen molar-refractivity contribution >= 4 is 37.6 Å². The molecule has 5 nitrogen and oxygen atoms in total. The zero-order valence-electron chi connectivity index (χ0n) is 14.2. The predicted molar refractivity (Wildman–Crippen MR) is 104 cm³/mol. The normalized spacial score (nSPS) is 13.0. The molecular formula is C17H20BrClN2O3S. The Labute approximate surface area is 162 Å². The van der Waals surface area contributed by atoms with Gasteiger partial charge in [-0.1, -0.05) is 41.9 Å². The SMILES string of the molecule is COc1c(Br)cc(Cl)cc1S(=O)(=O)N[C@H](CN(C)C)c1ccccc1. The summed E-state index contributed by atoms with van der Waals surface area (Å²) >= 11 is 9.33. The van der Waals surface area contributed by atoms with Gasteiger partial charge in [0.05, 0.1) is 17.6 Å². The van der Waals surface area contributed by atoms with E-state index in [1.165, 1.54) is 13.2 Å². The average Bonchev–Trinajstić information content (AvgIpc) is 2.54. The third-order valence-corrected chi connectivity index (χ3v) is 5.80. The van der Waals surface area contributed by atoms with Crippen molar-refractivity contribution in [2.75, 3.05) is 27.7 Å². The molecule has 2 aromatic carbocycles. The summed E-state index contributed by atoms with van der Waals surface area (Å²) in [5, 5.41) is 0.303. The van der Waals surface area contributed by atoms with Crippen LogP contribution in [-0.4, -0.2) is 41.1 Å². The Bertz CT molecular complexity index is 829. The van der Waals surface area contributed by atoms with Crippen molar-refractivity contribution in [3.8, 4) is 5.75 Å². The van der Waals surface area contributed by atoms with Gasteiger partial charge in [-0.05, 0) is 47.7 Å². The zero-order valence-corrected chi connectivity index (χ0v) is 17.3. The third kappa shape index (κ3) is 5.18. The highest BCUT2D eigenvalue weighted by atomic mass is 79.9. The maximum atomic E-state index is 13.0. The second kappa shape index (κ2) is 8.51. The van der Waals surface area contributed by atoms with Crippen LogP contribution in [0.15, 0.2) is 51.8 Å². The predicted octanol–water partition coefficient (Wildman–Crippen LogP) is 3.69. The van der Waals surface area contributed by atoms with Crippen molar-refractivity contribution in [2.45, 2.75) is 10.9 Å². The smallest absolute Gasteiger partial charge is 0.244 e. The second-order valence-electron chi connectivity index (χ2n) is 5.77. The summed E-state index contributed by atoms with van der Waals surface area (Å²) in [7, 11) is 1.34. The molecule has 2 rings (SSSR count). The van der Waals surface area contributed by atoms with Crippen LogP contribution >= 0.6 is 27.5 Å². The van der Waals surface area contributed by atoms with Gasteiger partial charge < -0.3 is 9.64 Å². The quantitative estimate of drug-likeness (QED) is 0.703. The van der Waals surface area contributed by atoms with Crippen LogP contribution in [0.3, 0.4) is 0 Å². The molecule has 0 aliphatic heterocycles. The first kappa shape index (κ1) is 20.2.